The van der Waals surface area contributed by atoms with Crippen molar-refractivity contribution in [1.82, 2.24) is 19.5 Å². The molecular weight excluding hydrogens is 404 g/mol. The molecule has 2 fully saturated rings. The maximum atomic E-state index is 13.3. The smallest absolute Gasteiger partial charge is 0.293 e. The van der Waals surface area contributed by atoms with Crippen LogP contribution in [0.15, 0.2) is 28.9 Å². The molecule has 3 aliphatic rings. The highest BCUT2D eigenvalue weighted by Crippen LogP contribution is 2.34. The van der Waals surface area contributed by atoms with E-state index in [9.17, 15) is 9.59 Å². The molecule has 1 saturated carbocycles. The Bertz CT molecular complexity index is 950. The van der Waals surface area contributed by atoms with Crippen LogP contribution in [0, 0.1) is 5.92 Å². The highest BCUT2D eigenvalue weighted by atomic mass is 16.5. The van der Waals surface area contributed by atoms with Crippen molar-refractivity contribution in [3.63, 3.8) is 0 Å². The minimum absolute atomic E-state index is 0.0662. The number of amides is 2. The zero-order valence-electron chi connectivity index (χ0n) is 19.0. The van der Waals surface area contributed by atoms with Crippen LogP contribution in [0.1, 0.15) is 92.2 Å². The first-order chi connectivity index (χ1) is 15.7. The molecule has 0 radical (unpaired) electrons. The molecule has 0 N–H and O–H groups in total. The Balaban J connectivity index is 1.23. The quantitative estimate of drug-likeness (QED) is 0.695. The maximum Gasteiger partial charge on any atom is 0.293 e. The van der Waals surface area contributed by atoms with Gasteiger partial charge in [0.05, 0.1) is 11.7 Å². The molecular formula is C25H34N4O3. The maximum absolute atomic E-state index is 13.3. The molecule has 1 aliphatic carbocycles. The zero-order valence-corrected chi connectivity index (χ0v) is 19.0. The van der Waals surface area contributed by atoms with Crippen LogP contribution in [-0.2, 0) is 11.3 Å². The third-order valence-electron chi connectivity index (χ3n) is 7.66. The van der Waals surface area contributed by atoms with E-state index < -0.39 is 0 Å². The van der Waals surface area contributed by atoms with E-state index in [-0.39, 0.29) is 23.8 Å². The molecule has 0 spiro atoms. The van der Waals surface area contributed by atoms with Crippen LogP contribution in [0.5, 0.6) is 0 Å². The SMILES string of the molecule is CCCC1c2cccn2CCN1C(=O)c1cc(C2CCN(C(=O)C3CCCC3)CC2)no1. The van der Waals surface area contributed by atoms with E-state index in [0.29, 0.717) is 18.2 Å². The average Bonchev–Trinajstić information content (AvgIpc) is 3.60. The number of piperidine rings is 1. The Morgan fingerprint density at radius 3 is 2.62 bits per heavy atom. The summed E-state index contributed by atoms with van der Waals surface area (Å²) in [7, 11) is 0. The largest absolute Gasteiger partial charge is 0.351 e. The van der Waals surface area contributed by atoms with Gasteiger partial charge in [0.1, 0.15) is 0 Å². The number of carbonyl (C=O) groups is 2. The van der Waals surface area contributed by atoms with Gasteiger partial charge in [0, 0.05) is 56.0 Å². The van der Waals surface area contributed by atoms with Crippen LogP contribution in [0.4, 0.5) is 0 Å². The van der Waals surface area contributed by atoms with Crippen molar-refractivity contribution in [3.05, 3.63) is 41.5 Å². The number of hydrogen-bond donors (Lipinski definition) is 0. The van der Waals surface area contributed by atoms with Crippen molar-refractivity contribution < 1.29 is 14.1 Å². The fourth-order valence-corrected chi connectivity index (χ4v) is 5.83. The lowest BCUT2D eigenvalue weighted by atomic mass is 9.92. The molecule has 1 atom stereocenters. The van der Waals surface area contributed by atoms with E-state index in [0.717, 1.165) is 63.9 Å². The van der Waals surface area contributed by atoms with Crippen molar-refractivity contribution in [1.29, 1.82) is 0 Å². The number of likely N-dealkylation sites (tertiary alicyclic amines) is 1. The predicted molar refractivity (Wildman–Crippen MR) is 120 cm³/mol. The van der Waals surface area contributed by atoms with E-state index in [1.54, 1.807) is 0 Å². The third kappa shape index (κ3) is 3.97. The predicted octanol–water partition coefficient (Wildman–Crippen LogP) is 4.37. The first-order valence-electron chi connectivity index (χ1n) is 12.4. The molecule has 172 valence electrons. The summed E-state index contributed by atoms with van der Waals surface area (Å²) < 4.78 is 7.80. The zero-order chi connectivity index (χ0) is 22.1. The van der Waals surface area contributed by atoms with Gasteiger partial charge in [-0.3, -0.25) is 9.59 Å². The lowest BCUT2D eigenvalue weighted by molar-refractivity contribution is -0.136. The Kier molecular flexibility index (Phi) is 6.07. The Morgan fingerprint density at radius 1 is 1.09 bits per heavy atom. The average molecular weight is 439 g/mol. The summed E-state index contributed by atoms with van der Waals surface area (Å²) in [6.07, 6.45) is 10.3. The van der Waals surface area contributed by atoms with Crippen LogP contribution < -0.4 is 0 Å². The van der Waals surface area contributed by atoms with Gasteiger partial charge in [-0.25, -0.2) is 0 Å². The van der Waals surface area contributed by atoms with Crippen LogP contribution in [-0.4, -0.2) is 51.0 Å². The summed E-state index contributed by atoms with van der Waals surface area (Å²) in [5.74, 6) is 1.10. The minimum Gasteiger partial charge on any atom is -0.351 e. The molecule has 2 amide bonds. The molecule has 5 rings (SSSR count). The third-order valence-corrected chi connectivity index (χ3v) is 7.66. The molecule has 1 saturated heterocycles. The summed E-state index contributed by atoms with van der Waals surface area (Å²) in [5.41, 5.74) is 2.05. The summed E-state index contributed by atoms with van der Waals surface area (Å²) >= 11 is 0. The van der Waals surface area contributed by atoms with E-state index >= 15 is 0 Å². The van der Waals surface area contributed by atoms with Crippen LogP contribution in [0.25, 0.3) is 0 Å². The Hall–Kier alpha value is -2.57. The number of rotatable bonds is 5. The molecule has 32 heavy (non-hydrogen) atoms. The van der Waals surface area contributed by atoms with E-state index in [4.69, 9.17) is 4.52 Å². The number of aromatic nitrogens is 2. The number of carbonyl (C=O) groups excluding carboxylic acids is 2. The van der Waals surface area contributed by atoms with Gasteiger partial charge in [0.2, 0.25) is 11.7 Å². The molecule has 1 unspecified atom stereocenters. The standard InChI is InChI=1S/C25H34N4O3/c1-2-6-22-21-9-5-12-27(21)15-16-29(22)25(31)23-17-20(26-32-23)18-10-13-28(14-11-18)24(30)19-7-3-4-8-19/h5,9,12,17-19,22H,2-4,6-8,10-11,13-16H2,1H3. The van der Waals surface area contributed by atoms with Crippen molar-refractivity contribution in [2.45, 2.75) is 76.8 Å². The lowest BCUT2D eigenvalue weighted by Gasteiger charge is -2.36. The van der Waals surface area contributed by atoms with Gasteiger partial charge < -0.3 is 18.9 Å². The first-order valence-corrected chi connectivity index (χ1v) is 12.4. The van der Waals surface area contributed by atoms with Gasteiger partial charge in [-0.05, 0) is 44.2 Å². The van der Waals surface area contributed by atoms with Crippen LogP contribution >= 0.6 is 0 Å². The topological polar surface area (TPSA) is 71.6 Å². The Morgan fingerprint density at radius 2 is 1.88 bits per heavy atom. The van der Waals surface area contributed by atoms with Gasteiger partial charge in [-0.1, -0.05) is 31.3 Å². The van der Waals surface area contributed by atoms with Crippen molar-refractivity contribution in [2.24, 2.45) is 5.92 Å². The van der Waals surface area contributed by atoms with E-state index in [2.05, 4.69) is 35.0 Å². The summed E-state index contributed by atoms with van der Waals surface area (Å²) in [5, 5.41) is 4.28. The number of fused-ring (bicyclic) bond motifs is 1. The lowest BCUT2D eigenvalue weighted by Crippen LogP contribution is -2.41. The second-order valence-electron chi connectivity index (χ2n) is 9.63. The van der Waals surface area contributed by atoms with Gasteiger partial charge in [0.15, 0.2) is 0 Å². The molecule has 2 aliphatic heterocycles. The number of hydrogen-bond acceptors (Lipinski definition) is 4. The summed E-state index contributed by atoms with van der Waals surface area (Å²) in [6.45, 7) is 5.20. The van der Waals surface area contributed by atoms with Gasteiger partial charge >= 0.3 is 0 Å². The van der Waals surface area contributed by atoms with Crippen LogP contribution in [0.3, 0.4) is 0 Å². The molecule has 2 aromatic heterocycles. The molecule has 7 nitrogen and oxygen atoms in total. The highest BCUT2D eigenvalue weighted by molar-refractivity contribution is 5.92. The molecule has 2 aromatic rings. The minimum atomic E-state index is -0.0662. The molecule has 7 heteroatoms. The summed E-state index contributed by atoms with van der Waals surface area (Å²) in [4.78, 5) is 30.0. The molecule has 0 bridgehead atoms. The van der Waals surface area contributed by atoms with Gasteiger partial charge in [0.25, 0.3) is 5.91 Å². The second-order valence-corrected chi connectivity index (χ2v) is 9.63. The summed E-state index contributed by atoms with van der Waals surface area (Å²) in [6, 6.07) is 6.10. The van der Waals surface area contributed by atoms with E-state index in [1.807, 2.05) is 15.9 Å². The normalized spacial score (nSPS) is 22.3. The fraction of sp³-hybridized carbons (Fsp3) is 0.640. The Labute approximate surface area is 189 Å². The highest BCUT2D eigenvalue weighted by Gasteiger charge is 2.34. The second kappa shape index (κ2) is 9.12. The van der Waals surface area contributed by atoms with Gasteiger partial charge in [-0.15, -0.1) is 0 Å². The molecule has 0 aromatic carbocycles. The van der Waals surface area contributed by atoms with E-state index in [1.165, 1.54) is 18.5 Å². The fourth-order valence-electron chi connectivity index (χ4n) is 5.83. The van der Waals surface area contributed by atoms with Crippen molar-refractivity contribution in [3.8, 4) is 0 Å². The first kappa shape index (κ1) is 21.3. The van der Waals surface area contributed by atoms with Crippen LogP contribution in [0.2, 0.25) is 0 Å². The molecule has 4 heterocycles. The number of nitrogens with zero attached hydrogens (tertiary/aromatic N) is 4. The monoisotopic (exact) mass is 438 g/mol. The van der Waals surface area contributed by atoms with Crippen molar-refractivity contribution in [2.75, 3.05) is 19.6 Å². The van der Waals surface area contributed by atoms with Gasteiger partial charge in [-0.2, -0.15) is 0 Å². The van der Waals surface area contributed by atoms with Crippen molar-refractivity contribution >= 4 is 11.8 Å².